The molecule has 0 amide bonds. The van der Waals surface area contributed by atoms with Crippen LogP contribution in [0.2, 0.25) is 0 Å². The van der Waals surface area contributed by atoms with Gasteiger partial charge in [0, 0.05) is 19.4 Å². The third-order valence-corrected chi connectivity index (χ3v) is 3.52. The van der Waals surface area contributed by atoms with Crippen molar-refractivity contribution in [3.05, 3.63) is 42.0 Å². The molecule has 1 aromatic carbocycles. The zero-order valence-electron chi connectivity index (χ0n) is 10.4. The molecule has 0 aliphatic carbocycles. The van der Waals surface area contributed by atoms with E-state index in [1.165, 1.54) is 6.20 Å². The van der Waals surface area contributed by atoms with E-state index in [1.54, 1.807) is 17.8 Å². The van der Waals surface area contributed by atoms with Crippen molar-refractivity contribution in [2.75, 3.05) is 0 Å². The first-order valence-corrected chi connectivity index (χ1v) is 6.95. The van der Waals surface area contributed by atoms with Crippen LogP contribution in [-0.2, 0) is 23.7 Å². The fourth-order valence-electron chi connectivity index (χ4n) is 1.52. The number of ether oxygens (including phenoxy) is 1. The fraction of sp³-hybridized carbons (Fsp3) is 0.182. The van der Waals surface area contributed by atoms with E-state index in [9.17, 15) is 17.2 Å². The number of primary sulfonamides is 1. The van der Waals surface area contributed by atoms with Crippen LogP contribution in [0, 0.1) is 11.6 Å². The second-order valence-electron chi connectivity index (χ2n) is 3.98. The number of halogens is 2. The first-order chi connectivity index (χ1) is 9.30. The SMILES string of the molecule is Cn1ccnc1COc1ccc(S(N)(=O)=O)c(F)c1F. The Kier molecular flexibility index (Phi) is 3.73. The van der Waals surface area contributed by atoms with Crippen LogP contribution in [-0.4, -0.2) is 18.0 Å². The summed E-state index contributed by atoms with van der Waals surface area (Å²) in [6.45, 7) is -0.0887. The lowest BCUT2D eigenvalue weighted by Gasteiger charge is -2.09. The number of nitrogens with two attached hydrogens (primary N) is 1. The van der Waals surface area contributed by atoms with Crippen molar-refractivity contribution < 1.29 is 21.9 Å². The highest BCUT2D eigenvalue weighted by molar-refractivity contribution is 7.89. The number of hydrogen-bond donors (Lipinski definition) is 1. The monoisotopic (exact) mass is 303 g/mol. The van der Waals surface area contributed by atoms with Gasteiger partial charge in [-0.2, -0.15) is 4.39 Å². The van der Waals surface area contributed by atoms with Gasteiger partial charge in [0.1, 0.15) is 17.3 Å². The molecule has 0 aliphatic heterocycles. The Labute approximate surface area is 113 Å². The normalized spacial score (nSPS) is 11.6. The minimum atomic E-state index is -4.32. The Morgan fingerprint density at radius 3 is 2.60 bits per heavy atom. The molecule has 0 fully saturated rings. The molecule has 0 atom stereocenters. The van der Waals surface area contributed by atoms with Crippen LogP contribution >= 0.6 is 0 Å². The molecular weight excluding hydrogens is 292 g/mol. The number of nitrogens with zero attached hydrogens (tertiary/aromatic N) is 2. The van der Waals surface area contributed by atoms with E-state index in [-0.39, 0.29) is 6.61 Å². The zero-order valence-corrected chi connectivity index (χ0v) is 11.2. The molecule has 9 heteroatoms. The number of rotatable bonds is 4. The Balaban J connectivity index is 2.27. The zero-order chi connectivity index (χ0) is 14.9. The van der Waals surface area contributed by atoms with Gasteiger partial charge in [-0.1, -0.05) is 0 Å². The molecule has 0 radical (unpaired) electrons. The Hall–Kier alpha value is -2.00. The van der Waals surface area contributed by atoms with E-state index in [0.29, 0.717) is 5.82 Å². The maximum atomic E-state index is 13.7. The third kappa shape index (κ3) is 2.78. The average Bonchev–Trinajstić information content (AvgIpc) is 2.75. The molecule has 0 saturated heterocycles. The van der Waals surface area contributed by atoms with E-state index < -0.39 is 32.3 Å². The van der Waals surface area contributed by atoms with Gasteiger partial charge in [0.05, 0.1) is 0 Å². The predicted molar refractivity (Wildman–Crippen MR) is 65.3 cm³/mol. The van der Waals surface area contributed by atoms with Crippen LogP contribution in [0.5, 0.6) is 5.75 Å². The summed E-state index contributed by atoms with van der Waals surface area (Å²) < 4.78 is 56.0. The standard InChI is InChI=1S/C11H11F2N3O3S/c1-16-5-4-15-9(16)6-19-7-2-3-8(20(14,17)18)11(13)10(7)12/h2-5H,6H2,1H3,(H2,14,17,18). The van der Waals surface area contributed by atoms with Gasteiger partial charge >= 0.3 is 0 Å². The minimum absolute atomic E-state index is 0.0887. The highest BCUT2D eigenvalue weighted by Crippen LogP contribution is 2.25. The summed E-state index contributed by atoms with van der Waals surface area (Å²) in [4.78, 5) is 3.03. The summed E-state index contributed by atoms with van der Waals surface area (Å²) in [5.41, 5.74) is 0. The second-order valence-corrected chi connectivity index (χ2v) is 5.51. The van der Waals surface area contributed by atoms with Crippen LogP contribution in [0.4, 0.5) is 8.78 Å². The van der Waals surface area contributed by atoms with Crippen molar-refractivity contribution in [1.82, 2.24) is 9.55 Å². The van der Waals surface area contributed by atoms with Crippen molar-refractivity contribution in [2.45, 2.75) is 11.5 Å². The molecule has 0 spiro atoms. The van der Waals surface area contributed by atoms with Crippen LogP contribution in [0.3, 0.4) is 0 Å². The second kappa shape index (κ2) is 5.17. The molecule has 108 valence electrons. The van der Waals surface area contributed by atoms with Gasteiger partial charge in [-0.3, -0.25) is 0 Å². The Bertz CT molecular complexity index is 743. The van der Waals surface area contributed by atoms with Crippen molar-refractivity contribution in [3.8, 4) is 5.75 Å². The highest BCUT2D eigenvalue weighted by atomic mass is 32.2. The molecule has 1 heterocycles. The largest absolute Gasteiger partial charge is 0.482 e. The number of imidazole rings is 1. The third-order valence-electron chi connectivity index (χ3n) is 2.60. The van der Waals surface area contributed by atoms with E-state index >= 15 is 0 Å². The molecular formula is C11H11F2N3O3S. The predicted octanol–water partition coefficient (Wildman–Crippen LogP) is 0.925. The number of sulfonamides is 1. The molecule has 2 N–H and O–H groups in total. The van der Waals surface area contributed by atoms with Crippen LogP contribution in [0.1, 0.15) is 5.82 Å². The molecule has 20 heavy (non-hydrogen) atoms. The van der Waals surface area contributed by atoms with Gasteiger partial charge < -0.3 is 9.30 Å². The maximum absolute atomic E-state index is 13.7. The molecule has 2 aromatic rings. The lowest BCUT2D eigenvalue weighted by Crippen LogP contribution is -2.15. The molecule has 0 aliphatic rings. The van der Waals surface area contributed by atoms with Crippen LogP contribution in [0.25, 0.3) is 0 Å². The molecule has 0 saturated carbocycles. The first-order valence-electron chi connectivity index (χ1n) is 5.40. The smallest absolute Gasteiger partial charge is 0.241 e. The van der Waals surface area contributed by atoms with Crippen LogP contribution < -0.4 is 9.88 Å². The van der Waals surface area contributed by atoms with E-state index in [1.807, 2.05) is 0 Å². The highest BCUT2D eigenvalue weighted by Gasteiger charge is 2.21. The van der Waals surface area contributed by atoms with Gasteiger partial charge in [0.2, 0.25) is 15.8 Å². The van der Waals surface area contributed by atoms with E-state index in [4.69, 9.17) is 9.88 Å². The summed E-state index contributed by atoms with van der Waals surface area (Å²) in [6, 6.07) is 1.85. The van der Waals surface area contributed by atoms with E-state index in [0.717, 1.165) is 12.1 Å². The first kappa shape index (κ1) is 14.4. The van der Waals surface area contributed by atoms with Crippen molar-refractivity contribution in [3.63, 3.8) is 0 Å². The average molecular weight is 303 g/mol. The Morgan fingerprint density at radius 2 is 2.05 bits per heavy atom. The topological polar surface area (TPSA) is 87.2 Å². The maximum Gasteiger partial charge on any atom is 0.241 e. The number of hydrogen-bond acceptors (Lipinski definition) is 4. The van der Waals surface area contributed by atoms with Crippen molar-refractivity contribution in [1.29, 1.82) is 0 Å². The van der Waals surface area contributed by atoms with Gasteiger partial charge in [0.25, 0.3) is 0 Å². The van der Waals surface area contributed by atoms with Crippen molar-refractivity contribution >= 4 is 10.0 Å². The van der Waals surface area contributed by atoms with Crippen LogP contribution in [0.15, 0.2) is 29.4 Å². The van der Waals surface area contributed by atoms with Gasteiger partial charge in [-0.25, -0.2) is 22.9 Å². The Morgan fingerprint density at radius 1 is 1.35 bits per heavy atom. The molecule has 6 nitrogen and oxygen atoms in total. The summed E-state index contributed by atoms with van der Waals surface area (Å²) >= 11 is 0. The number of benzene rings is 1. The fourth-order valence-corrected chi connectivity index (χ4v) is 2.12. The van der Waals surface area contributed by atoms with Gasteiger partial charge in [-0.05, 0) is 12.1 Å². The van der Waals surface area contributed by atoms with E-state index in [2.05, 4.69) is 4.98 Å². The number of aromatic nitrogens is 2. The minimum Gasteiger partial charge on any atom is -0.482 e. The molecule has 2 rings (SSSR count). The molecule has 0 bridgehead atoms. The number of aryl methyl sites for hydroxylation is 1. The summed E-state index contributed by atoms with van der Waals surface area (Å²) in [5, 5.41) is 4.76. The lowest BCUT2D eigenvalue weighted by atomic mass is 10.3. The summed E-state index contributed by atoms with van der Waals surface area (Å²) in [7, 11) is -2.61. The molecule has 1 aromatic heterocycles. The quantitative estimate of drug-likeness (QED) is 0.910. The lowest BCUT2D eigenvalue weighted by molar-refractivity contribution is 0.271. The van der Waals surface area contributed by atoms with Crippen molar-refractivity contribution in [2.24, 2.45) is 12.2 Å². The van der Waals surface area contributed by atoms with Gasteiger partial charge in [0.15, 0.2) is 11.6 Å². The molecule has 0 unspecified atom stereocenters. The summed E-state index contributed by atoms with van der Waals surface area (Å²) in [5.74, 6) is -2.89. The van der Waals surface area contributed by atoms with Gasteiger partial charge in [-0.15, -0.1) is 0 Å². The summed E-state index contributed by atoms with van der Waals surface area (Å²) in [6.07, 6.45) is 3.19.